The van der Waals surface area contributed by atoms with E-state index in [9.17, 15) is 8.42 Å². The van der Waals surface area contributed by atoms with E-state index in [1.165, 1.54) is 0 Å². The standard InChI is InChI=1S/C9H20O2S/c1-8(2,3)7-12(10,11)9(4,5)6/h7H2,1-6H3. The van der Waals surface area contributed by atoms with Crippen LogP contribution in [0.3, 0.4) is 0 Å². The minimum atomic E-state index is -2.96. The first-order valence-electron chi connectivity index (χ1n) is 4.18. The third-order valence-corrected chi connectivity index (χ3v) is 4.67. The molecule has 0 heterocycles. The van der Waals surface area contributed by atoms with Crippen molar-refractivity contribution in [2.45, 2.75) is 46.3 Å². The topological polar surface area (TPSA) is 34.1 Å². The highest BCUT2D eigenvalue weighted by molar-refractivity contribution is 7.92. The summed E-state index contributed by atoms with van der Waals surface area (Å²) in [6, 6.07) is 0. The van der Waals surface area contributed by atoms with Gasteiger partial charge in [0, 0.05) is 0 Å². The highest BCUT2D eigenvalue weighted by Gasteiger charge is 2.32. The molecule has 12 heavy (non-hydrogen) atoms. The van der Waals surface area contributed by atoms with Crippen molar-refractivity contribution in [2.75, 3.05) is 5.75 Å². The molecule has 0 aliphatic carbocycles. The fraction of sp³-hybridized carbons (Fsp3) is 1.00. The normalized spacial score (nSPS) is 14.8. The van der Waals surface area contributed by atoms with Crippen LogP contribution in [0.15, 0.2) is 0 Å². The van der Waals surface area contributed by atoms with Crippen molar-refractivity contribution in [3.8, 4) is 0 Å². The average Bonchev–Trinajstić information content (AvgIpc) is 1.52. The van der Waals surface area contributed by atoms with Gasteiger partial charge in [-0.1, -0.05) is 20.8 Å². The molecule has 0 spiro atoms. The maximum absolute atomic E-state index is 11.7. The van der Waals surface area contributed by atoms with Gasteiger partial charge in [-0.3, -0.25) is 0 Å². The number of hydrogen-bond acceptors (Lipinski definition) is 2. The Kier molecular flexibility index (Phi) is 3.01. The molecule has 0 bridgehead atoms. The van der Waals surface area contributed by atoms with E-state index in [2.05, 4.69) is 0 Å². The van der Waals surface area contributed by atoms with Gasteiger partial charge >= 0.3 is 0 Å². The Morgan fingerprint density at radius 1 is 0.917 bits per heavy atom. The van der Waals surface area contributed by atoms with E-state index in [-0.39, 0.29) is 11.2 Å². The molecule has 74 valence electrons. The molecule has 0 aliphatic heterocycles. The molecular formula is C9H20O2S. The predicted octanol–water partition coefficient (Wildman–Crippen LogP) is 2.25. The van der Waals surface area contributed by atoms with E-state index in [0.29, 0.717) is 0 Å². The smallest absolute Gasteiger partial charge is 0.155 e. The summed E-state index contributed by atoms with van der Waals surface area (Å²) in [7, 11) is -2.96. The SMILES string of the molecule is CC(C)(C)CS(=O)(=O)C(C)(C)C. The van der Waals surface area contributed by atoms with E-state index in [1.54, 1.807) is 20.8 Å². The predicted molar refractivity (Wildman–Crippen MR) is 53.0 cm³/mol. The van der Waals surface area contributed by atoms with Gasteiger partial charge in [-0.05, 0) is 26.2 Å². The lowest BCUT2D eigenvalue weighted by Gasteiger charge is -2.25. The fourth-order valence-corrected chi connectivity index (χ4v) is 2.36. The summed E-state index contributed by atoms with van der Waals surface area (Å²) in [4.78, 5) is 0. The Hall–Kier alpha value is -0.0500. The van der Waals surface area contributed by atoms with Gasteiger partial charge in [0.2, 0.25) is 0 Å². The van der Waals surface area contributed by atoms with Crippen molar-refractivity contribution in [1.82, 2.24) is 0 Å². The molecule has 0 N–H and O–H groups in total. The highest BCUT2D eigenvalue weighted by Crippen LogP contribution is 2.24. The van der Waals surface area contributed by atoms with Gasteiger partial charge in [0.1, 0.15) is 0 Å². The van der Waals surface area contributed by atoms with Crippen molar-refractivity contribution < 1.29 is 8.42 Å². The molecule has 0 aromatic carbocycles. The fourth-order valence-electron chi connectivity index (χ4n) is 0.787. The second kappa shape index (κ2) is 3.02. The minimum Gasteiger partial charge on any atom is -0.228 e. The van der Waals surface area contributed by atoms with Gasteiger partial charge in [0.25, 0.3) is 0 Å². The third kappa shape index (κ3) is 3.57. The second-order valence-corrected chi connectivity index (χ2v) is 8.18. The molecule has 0 atom stereocenters. The number of sulfone groups is 1. The summed E-state index contributed by atoms with van der Waals surface area (Å²) < 4.78 is 22.7. The zero-order valence-electron chi connectivity index (χ0n) is 8.93. The number of rotatable bonds is 1. The van der Waals surface area contributed by atoms with Crippen LogP contribution in [0.5, 0.6) is 0 Å². The Bertz CT molecular complexity index is 237. The van der Waals surface area contributed by atoms with Crippen LogP contribution in [-0.4, -0.2) is 18.9 Å². The molecule has 0 aliphatic rings. The molecule has 0 aromatic rings. The molecule has 0 unspecified atom stereocenters. The Labute approximate surface area is 76.3 Å². The van der Waals surface area contributed by atoms with Crippen LogP contribution in [-0.2, 0) is 9.84 Å². The summed E-state index contributed by atoms with van der Waals surface area (Å²) in [5.41, 5.74) is -0.147. The van der Waals surface area contributed by atoms with E-state index in [1.807, 2.05) is 20.8 Å². The first-order chi connectivity index (χ1) is 4.96. The van der Waals surface area contributed by atoms with Crippen LogP contribution in [0.2, 0.25) is 0 Å². The van der Waals surface area contributed by atoms with Gasteiger partial charge in [0.05, 0.1) is 10.5 Å². The summed E-state index contributed by atoms with van der Waals surface area (Å²) in [6.07, 6.45) is 0. The van der Waals surface area contributed by atoms with Crippen molar-refractivity contribution in [1.29, 1.82) is 0 Å². The Morgan fingerprint density at radius 3 is 1.33 bits per heavy atom. The summed E-state index contributed by atoms with van der Waals surface area (Å²) in [5.74, 6) is 0.253. The van der Waals surface area contributed by atoms with Crippen LogP contribution < -0.4 is 0 Å². The zero-order valence-corrected chi connectivity index (χ0v) is 9.75. The van der Waals surface area contributed by atoms with Gasteiger partial charge < -0.3 is 0 Å². The lowest BCUT2D eigenvalue weighted by atomic mass is 10.0. The third-order valence-electron chi connectivity index (χ3n) is 1.56. The minimum absolute atomic E-state index is 0.147. The Morgan fingerprint density at radius 2 is 1.25 bits per heavy atom. The lowest BCUT2D eigenvalue weighted by Crippen LogP contribution is -2.35. The molecule has 0 radical (unpaired) electrons. The van der Waals surface area contributed by atoms with Gasteiger partial charge in [-0.15, -0.1) is 0 Å². The highest BCUT2D eigenvalue weighted by atomic mass is 32.2. The molecule has 2 nitrogen and oxygen atoms in total. The van der Waals surface area contributed by atoms with Crippen molar-refractivity contribution in [3.63, 3.8) is 0 Å². The van der Waals surface area contributed by atoms with E-state index < -0.39 is 14.6 Å². The second-order valence-electron chi connectivity index (χ2n) is 5.43. The molecule has 0 saturated carbocycles. The van der Waals surface area contributed by atoms with Crippen LogP contribution in [0.4, 0.5) is 0 Å². The summed E-state index contributed by atoms with van der Waals surface area (Å²) in [5, 5.41) is 0. The molecule has 3 heteroatoms. The monoisotopic (exact) mass is 192 g/mol. The van der Waals surface area contributed by atoms with Crippen molar-refractivity contribution in [3.05, 3.63) is 0 Å². The summed E-state index contributed by atoms with van der Waals surface area (Å²) >= 11 is 0. The van der Waals surface area contributed by atoms with Crippen molar-refractivity contribution in [2.24, 2.45) is 5.41 Å². The first kappa shape index (κ1) is 11.9. The first-order valence-corrected chi connectivity index (χ1v) is 5.83. The Balaban J connectivity index is 4.70. The average molecular weight is 192 g/mol. The van der Waals surface area contributed by atoms with Crippen LogP contribution in [0.25, 0.3) is 0 Å². The molecule has 0 amide bonds. The van der Waals surface area contributed by atoms with E-state index in [4.69, 9.17) is 0 Å². The van der Waals surface area contributed by atoms with Crippen molar-refractivity contribution >= 4 is 9.84 Å². The lowest BCUT2D eigenvalue weighted by molar-refractivity contribution is 0.453. The summed E-state index contributed by atoms with van der Waals surface area (Å²) in [6.45, 7) is 11.1. The van der Waals surface area contributed by atoms with E-state index in [0.717, 1.165) is 0 Å². The molecule has 0 saturated heterocycles. The largest absolute Gasteiger partial charge is 0.228 e. The van der Waals surface area contributed by atoms with Gasteiger partial charge in [-0.2, -0.15) is 0 Å². The van der Waals surface area contributed by atoms with Crippen LogP contribution in [0.1, 0.15) is 41.5 Å². The maximum atomic E-state index is 11.7. The quantitative estimate of drug-likeness (QED) is 0.638. The molecule has 0 rings (SSSR count). The maximum Gasteiger partial charge on any atom is 0.155 e. The number of hydrogen-bond donors (Lipinski definition) is 0. The van der Waals surface area contributed by atoms with Crippen LogP contribution in [0, 0.1) is 5.41 Å². The van der Waals surface area contributed by atoms with Gasteiger partial charge in [0.15, 0.2) is 9.84 Å². The van der Waals surface area contributed by atoms with Crippen LogP contribution >= 0.6 is 0 Å². The van der Waals surface area contributed by atoms with E-state index >= 15 is 0 Å². The van der Waals surface area contributed by atoms with Gasteiger partial charge in [-0.25, -0.2) is 8.42 Å². The zero-order chi connectivity index (χ0) is 10.2. The molecule has 0 fully saturated rings. The molecule has 0 aromatic heterocycles. The molecular weight excluding hydrogens is 172 g/mol.